The van der Waals surface area contributed by atoms with Crippen LogP contribution in [0.25, 0.3) is 105 Å². The van der Waals surface area contributed by atoms with E-state index < -0.39 is 5.41 Å². The van der Waals surface area contributed by atoms with Gasteiger partial charge in [-0.05, 0) is 101 Å². The number of rotatable bonds is 4. The lowest BCUT2D eigenvalue weighted by molar-refractivity contribution is 0.719. The van der Waals surface area contributed by atoms with Crippen molar-refractivity contribution in [1.29, 1.82) is 0 Å². The highest BCUT2D eigenvalue weighted by atomic mass is 32.2. The van der Waals surface area contributed by atoms with Crippen molar-refractivity contribution in [2.75, 3.05) is 0 Å². The molecule has 7 heteroatoms. The van der Waals surface area contributed by atoms with E-state index in [2.05, 4.69) is 220 Å². The number of nitrogens with zero attached hydrogens (tertiary/aromatic N) is 6. The molecule has 14 aromatic rings. The topological polar surface area (TPSA) is 53.5 Å². The smallest absolute Gasteiger partial charge is 0.0939 e. The van der Waals surface area contributed by atoms with E-state index in [0.29, 0.717) is 0 Å². The molecular formula is C64H38N6S. The zero-order valence-corrected chi connectivity index (χ0v) is 38.8. The molecule has 2 aliphatic rings. The van der Waals surface area contributed by atoms with E-state index in [4.69, 9.17) is 15.0 Å². The Morgan fingerprint density at radius 2 is 0.859 bits per heavy atom. The zero-order valence-electron chi connectivity index (χ0n) is 38.0. The van der Waals surface area contributed by atoms with Crippen molar-refractivity contribution >= 4 is 77.2 Å². The Balaban J connectivity index is 0.886. The molecule has 0 amide bonds. The van der Waals surface area contributed by atoms with Gasteiger partial charge in [-0.3, -0.25) is 15.0 Å². The molecule has 8 aromatic carbocycles. The predicted molar refractivity (Wildman–Crippen MR) is 290 cm³/mol. The van der Waals surface area contributed by atoms with Crippen molar-refractivity contribution < 1.29 is 0 Å². The van der Waals surface area contributed by atoms with Gasteiger partial charge < -0.3 is 13.7 Å². The Bertz CT molecular complexity index is 4490. The second kappa shape index (κ2) is 14.5. The summed E-state index contributed by atoms with van der Waals surface area (Å²) in [7, 11) is 0. The minimum absolute atomic E-state index is 0.647. The van der Waals surface area contributed by atoms with Gasteiger partial charge in [-0.25, -0.2) is 0 Å². The first-order chi connectivity index (χ1) is 35.2. The molecule has 7 heterocycles. The maximum Gasteiger partial charge on any atom is 0.0939 e. The van der Waals surface area contributed by atoms with Gasteiger partial charge in [0, 0.05) is 60.1 Å². The third-order valence-electron chi connectivity index (χ3n) is 15.3. The summed E-state index contributed by atoms with van der Waals surface area (Å²) in [4.78, 5) is 17.7. The van der Waals surface area contributed by atoms with Crippen LogP contribution in [0.15, 0.2) is 241 Å². The fourth-order valence-corrected chi connectivity index (χ4v) is 13.7. The molecule has 0 bridgehead atoms. The highest BCUT2D eigenvalue weighted by Gasteiger charge is 2.52. The fourth-order valence-electron chi connectivity index (χ4n) is 12.4. The highest BCUT2D eigenvalue weighted by molar-refractivity contribution is 7.99. The Kier molecular flexibility index (Phi) is 7.94. The Hall–Kier alpha value is -9.04. The molecule has 71 heavy (non-hydrogen) atoms. The first-order valence-corrected chi connectivity index (χ1v) is 24.9. The number of hydrogen-bond donors (Lipinski definition) is 0. The summed E-state index contributed by atoms with van der Waals surface area (Å²) in [6.07, 6.45) is 7.87. The number of fused-ring (bicyclic) bond motifs is 18. The lowest BCUT2D eigenvalue weighted by Gasteiger charge is -2.39. The molecule has 0 saturated heterocycles. The Labute approximate surface area is 411 Å². The van der Waals surface area contributed by atoms with Gasteiger partial charge in [0.15, 0.2) is 0 Å². The number of aromatic nitrogens is 6. The predicted octanol–water partition coefficient (Wildman–Crippen LogP) is 15.7. The molecule has 1 aliphatic heterocycles. The van der Waals surface area contributed by atoms with Crippen LogP contribution in [-0.2, 0) is 5.41 Å². The Morgan fingerprint density at radius 1 is 0.338 bits per heavy atom. The van der Waals surface area contributed by atoms with Crippen LogP contribution in [0.1, 0.15) is 22.3 Å². The average molecular weight is 923 g/mol. The van der Waals surface area contributed by atoms with Gasteiger partial charge in [-0.15, -0.1) is 0 Å². The largest absolute Gasteiger partial charge is 0.308 e. The summed E-state index contributed by atoms with van der Waals surface area (Å²) in [5.41, 5.74) is 18.4. The third-order valence-corrected chi connectivity index (χ3v) is 16.4. The van der Waals surface area contributed by atoms with Crippen molar-refractivity contribution in [1.82, 2.24) is 28.7 Å². The lowest BCUT2D eigenvalue weighted by Crippen LogP contribution is -2.32. The van der Waals surface area contributed by atoms with E-state index in [1.54, 1.807) is 0 Å². The minimum Gasteiger partial charge on any atom is -0.308 e. The van der Waals surface area contributed by atoms with Crippen molar-refractivity contribution in [3.05, 3.63) is 253 Å². The Morgan fingerprint density at radius 3 is 1.55 bits per heavy atom. The summed E-state index contributed by atoms with van der Waals surface area (Å²) in [6, 6.07) is 75.5. The fraction of sp³-hybridized carbons (Fsp3) is 0.0156. The van der Waals surface area contributed by atoms with Gasteiger partial charge in [0.1, 0.15) is 0 Å². The zero-order chi connectivity index (χ0) is 46.4. The van der Waals surface area contributed by atoms with E-state index >= 15 is 0 Å². The summed E-state index contributed by atoms with van der Waals surface area (Å²) < 4.78 is 7.17. The second-order valence-corrected chi connectivity index (χ2v) is 19.8. The molecule has 1 unspecified atom stereocenters. The summed E-state index contributed by atoms with van der Waals surface area (Å²) in [5.74, 6) is 0. The number of para-hydroxylation sites is 5. The molecule has 1 aliphatic carbocycles. The van der Waals surface area contributed by atoms with Gasteiger partial charge in [0.2, 0.25) is 0 Å². The van der Waals surface area contributed by atoms with Gasteiger partial charge in [-0.2, -0.15) is 0 Å². The molecule has 16 rings (SSSR count). The van der Waals surface area contributed by atoms with Crippen molar-refractivity contribution in [3.8, 4) is 39.6 Å². The van der Waals surface area contributed by atoms with E-state index in [9.17, 15) is 0 Å². The molecular weight excluding hydrogens is 885 g/mol. The summed E-state index contributed by atoms with van der Waals surface area (Å²) in [6.45, 7) is 0. The third kappa shape index (κ3) is 5.20. The van der Waals surface area contributed by atoms with Gasteiger partial charge in [0.25, 0.3) is 0 Å². The number of pyridine rings is 3. The van der Waals surface area contributed by atoms with Crippen LogP contribution >= 0.6 is 11.8 Å². The molecule has 0 N–H and O–H groups in total. The first kappa shape index (κ1) is 38.9. The van der Waals surface area contributed by atoms with Crippen molar-refractivity contribution in [2.24, 2.45) is 0 Å². The van der Waals surface area contributed by atoms with E-state index in [1.807, 2.05) is 36.5 Å². The summed E-state index contributed by atoms with van der Waals surface area (Å²) in [5, 5.41) is 7.30. The molecule has 6 aromatic heterocycles. The minimum atomic E-state index is -0.647. The molecule has 0 radical (unpaired) electrons. The maximum atomic E-state index is 5.36. The van der Waals surface area contributed by atoms with Crippen LogP contribution in [0.3, 0.4) is 0 Å². The number of hydrogen-bond acceptors (Lipinski definition) is 4. The molecule has 6 nitrogen and oxygen atoms in total. The van der Waals surface area contributed by atoms with Gasteiger partial charge in [0.05, 0.1) is 79.4 Å². The maximum absolute atomic E-state index is 5.36. The molecule has 1 spiro atoms. The SMILES string of the molecule is c1ccc2c(c1)Sc1cc(-c3ccc4c(c3)c3ccccc3n4-c3cnccc3-n3c4ccccc4c4ccccc43)ccc1C21c2cccnc2-c2ncc(-n3c4ccccc4c4ccccc43)cc21. The molecule has 1 atom stereocenters. The molecule has 330 valence electrons. The van der Waals surface area contributed by atoms with Crippen LogP contribution in [0.4, 0.5) is 0 Å². The highest BCUT2D eigenvalue weighted by Crippen LogP contribution is 2.62. The molecule has 0 saturated carbocycles. The standard InChI is InChI=1S/C64H38N6S/c1-7-21-52-42(14-1)43-15-2-8-22-53(43)68(52)41-36-51-63(67-37-41)62-50(20-13-32-66-62)64(51)48-19-6-12-26-60(48)71-61-35-40(27-29-49(61)64)39-28-30-57-47(34-39)46-18-5-11-25-56(46)70(57)59-38-65-33-31-58(59)69-54-23-9-3-16-44(54)45-17-4-10-24-55(45)69/h1-38H. The lowest BCUT2D eigenvalue weighted by atomic mass is 9.67. The van der Waals surface area contributed by atoms with Crippen LogP contribution < -0.4 is 0 Å². The van der Waals surface area contributed by atoms with Crippen LogP contribution in [0, 0.1) is 0 Å². The van der Waals surface area contributed by atoms with Crippen LogP contribution in [0.2, 0.25) is 0 Å². The van der Waals surface area contributed by atoms with E-state index in [-0.39, 0.29) is 0 Å². The summed E-state index contributed by atoms with van der Waals surface area (Å²) >= 11 is 1.86. The quantitative estimate of drug-likeness (QED) is 0.176. The van der Waals surface area contributed by atoms with Crippen LogP contribution in [0.5, 0.6) is 0 Å². The van der Waals surface area contributed by atoms with Crippen molar-refractivity contribution in [2.45, 2.75) is 15.2 Å². The van der Waals surface area contributed by atoms with Gasteiger partial charge >= 0.3 is 0 Å². The number of benzene rings is 8. The average Bonchev–Trinajstić information content (AvgIpc) is 4.15. The second-order valence-electron chi connectivity index (χ2n) is 18.7. The van der Waals surface area contributed by atoms with Gasteiger partial charge in [-0.1, -0.05) is 145 Å². The van der Waals surface area contributed by atoms with E-state index in [0.717, 1.165) is 67.2 Å². The monoisotopic (exact) mass is 922 g/mol. The van der Waals surface area contributed by atoms with Crippen LogP contribution in [-0.4, -0.2) is 28.7 Å². The van der Waals surface area contributed by atoms with E-state index in [1.165, 1.54) is 69.8 Å². The first-order valence-electron chi connectivity index (χ1n) is 24.1. The van der Waals surface area contributed by atoms with Crippen molar-refractivity contribution in [3.63, 3.8) is 0 Å². The molecule has 0 fully saturated rings. The normalized spacial score (nSPS) is 14.8.